The van der Waals surface area contributed by atoms with Crippen molar-refractivity contribution in [2.75, 3.05) is 0 Å². The highest BCUT2D eigenvalue weighted by molar-refractivity contribution is 7.10. The predicted octanol–water partition coefficient (Wildman–Crippen LogP) is 4.13. The number of carbonyl (C=O) groups is 1. The first-order chi connectivity index (χ1) is 11.5. The van der Waals surface area contributed by atoms with Crippen molar-refractivity contribution < 1.29 is 4.79 Å². The molecule has 0 radical (unpaired) electrons. The number of nitrogens with zero attached hydrogens (tertiary/aromatic N) is 2. The lowest BCUT2D eigenvalue weighted by Crippen LogP contribution is -2.53. The van der Waals surface area contributed by atoms with E-state index in [0.717, 1.165) is 41.9 Å². The smallest absolute Gasteiger partial charge is 0.225 e. The summed E-state index contributed by atoms with van der Waals surface area (Å²) >= 11 is 1.56. The van der Waals surface area contributed by atoms with E-state index in [1.807, 2.05) is 31.4 Å². The Labute approximate surface area is 171 Å². The number of hydrogen-bond acceptors (Lipinski definition) is 5. The molecule has 0 bridgehead atoms. The van der Waals surface area contributed by atoms with E-state index in [-0.39, 0.29) is 42.7 Å². The molecule has 2 aromatic heterocycles. The number of thiazole rings is 1. The van der Waals surface area contributed by atoms with E-state index in [9.17, 15) is 4.79 Å². The minimum absolute atomic E-state index is 0. The van der Waals surface area contributed by atoms with Gasteiger partial charge in [0.15, 0.2) is 0 Å². The first-order valence-corrected chi connectivity index (χ1v) is 9.30. The van der Waals surface area contributed by atoms with Crippen LogP contribution in [-0.4, -0.2) is 21.4 Å². The molecule has 0 aliphatic heterocycles. The number of hydrogen-bond donors (Lipinski definition) is 2. The summed E-state index contributed by atoms with van der Waals surface area (Å²) in [5, 5.41) is 6.02. The summed E-state index contributed by atoms with van der Waals surface area (Å²) < 4.78 is 0. The third-order valence-electron chi connectivity index (χ3n) is 4.80. The SMILES string of the molecule is CC(NC(=O)C1CCCCC1(C)N)c1nc(-c2ccncc2)cs1.Cl.Cl. The zero-order valence-corrected chi connectivity index (χ0v) is 17.4. The summed E-state index contributed by atoms with van der Waals surface area (Å²) in [5.74, 6) is -0.0683. The number of amides is 1. The van der Waals surface area contributed by atoms with E-state index in [0.29, 0.717) is 0 Å². The van der Waals surface area contributed by atoms with Crippen LogP contribution in [-0.2, 0) is 4.79 Å². The van der Waals surface area contributed by atoms with Crippen molar-refractivity contribution >= 4 is 42.1 Å². The van der Waals surface area contributed by atoms with E-state index in [1.165, 1.54) is 0 Å². The standard InChI is InChI=1S/C18H24N4OS.2ClH/c1-12(21-16(23)14-5-3-4-8-18(14,2)19)17-22-15(11-24-17)13-6-9-20-10-7-13;;/h6-7,9-12,14H,3-5,8,19H2,1-2H3,(H,21,23);2*1H. The molecule has 3 N–H and O–H groups in total. The lowest BCUT2D eigenvalue weighted by Gasteiger charge is -2.37. The van der Waals surface area contributed by atoms with Crippen LogP contribution >= 0.6 is 36.2 Å². The Morgan fingerprint density at radius 2 is 2.04 bits per heavy atom. The van der Waals surface area contributed by atoms with Gasteiger partial charge in [-0.1, -0.05) is 12.8 Å². The number of nitrogens with two attached hydrogens (primary N) is 1. The molecule has 1 aliphatic rings. The van der Waals surface area contributed by atoms with Crippen LogP contribution in [0.25, 0.3) is 11.3 Å². The van der Waals surface area contributed by atoms with Crippen molar-refractivity contribution in [3.8, 4) is 11.3 Å². The Kier molecular flexibility index (Phi) is 8.47. The van der Waals surface area contributed by atoms with Gasteiger partial charge in [0.25, 0.3) is 0 Å². The summed E-state index contributed by atoms with van der Waals surface area (Å²) in [6, 6.07) is 3.75. The number of aromatic nitrogens is 2. The molecule has 1 saturated carbocycles. The molecule has 26 heavy (non-hydrogen) atoms. The van der Waals surface area contributed by atoms with Crippen molar-refractivity contribution in [2.24, 2.45) is 11.7 Å². The molecular formula is C18H26Cl2N4OS. The average Bonchev–Trinajstić information content (AvgIpc) is 3.05. The quantitative estimate of drug-likeness (QED) is 0.784. The second kappa shape index (κ2) is 9.65. The zero-order valence-electron chi connectivity index (χ0n) is 15.0. The largest absolute Gasteiger partial charge is 0.347 e. The van der Waals surface area contributed by atoms with E-state index >= 15 is 0 Å². The van der Waals surface area contributed by atoms with Gasteiger partial charge in [-0.2, -0.15) is 0 Å². The molecule has 0 aromatic carbocycles. The van der Waals surface area contributed by atoms with Crippen molar-refractivity contribution in [3.05, 3.63) is 34.9 Å². The van der Waals surface area contributed by atoms with Gasteiger partial charge in [-0.25, -0.2) is 4.98 Å². The maximum Gasteiger partial charge on any atom is 0.225 e. The van der Waals surface area contributed by atoms with Gasteiger partial charge in [-0.3, -0.25) is 9.78 Å². The Bertz CT molecular complexity index is 708. The molecule has 1 fully saturated rings. The molecule has 0 spiro atoms. The fraction of sp³-hybridized carbons (Fsp3) is 0.500. The Hall–Kier alpha value is -1.21. The fourth-order valence-electron chi connectivity index (χ4n) is 3.31. The third kappa shape index (κ3) is 5.16. The maximum atomic E-state index is 12.7. The van der Waals surface area contributed by atoms with Crippen LogP contribution in [0, 0.1) is 5.92 Å². The number of halogens is 2. The van der Waals surface area contributed by atoms with Crippen molar-refractivity contribution in [2.45, 2.75) is 51.1 Å². The molecule has 3 atom stereocenters. The van der Waals surface area contributed by atoms with E-state index in [1.54, 1.807) is 23.7 Å². The van der Waals surface area contributed by atoms with Crippen molar-refractivity contribution in [1.82, 2.24) is 15.3 Å². The summed E-state index contributed by atoms with van der Waals surface area (Å²) in [6.45, 7) is 3.97. The second-order valence-corrected chi connectivity index (χ2v) is 7.73. The minimum Gasteiger partial charge on any atom is -0.347 e. The minimum atomic E-state index is -0.410. The van der Waals surface area contributed by atoms with Crippen molar-refractivity contribution in [3.63, 3.8) is 0 Å². The first kappa shape index (κ1) is 22.8. The van der Waals surface area contributed by atoms with E-state index < -0.39 is 5.54 Å². The van der Waals surface area contributed by atoms with Crippen LogP contribution in [0.2, 0.25) is 0 Å². The predicted molar refractivity (Wildman–Crippen MR) is 111 cm³/mol. The molecule has 0 saturated heterocycles. The monoisotopic (exact) mass is 416 g/mol. The zero-order chi connectivity index (χ0) is 17.2. The summed E-state index contributed by atoms with van der Waals surface area (Å²) in [7, 11) is 0. The van der Waals surface area contributed by atoms with Gasteiger partial charge >= 0.3 is 0 Å². The molecule has 5 nitrogen and oxygen atoms in total. The van der Waals surface area contributed by atoms with E-state index in [4.69, 9.17) is 5.73 Å². The molecule has 2 aromatic rings. The summed E-state index contributed by atoms with van der Waals surface area (Å²) in [5.41, 5.74) is 7.88. The highest BCUT2D eigenvalue weighted by Gasteiger charge is 2.38. The van der Waals surface area contributed by atoms with Crippen LogP contribution in [0.15, 0.2) is 29.9 Å². The topological polar surface area (TPSA) is 80.9 Å². The van der Waals surface area contributed by atoms with Gasteiger partial charge in [-0.15, -0.1) is 36.2 Å². The van der Waals surface area contributed by atoms with E-state index in [2.05, 4.69) is 15.3 Å². The Balaban J connectivity index is 0.00000169. The molecule has 144 valence electrons. The third-order valence-corrected chi connectivity index (χ3v) is 5.83. The number of nitrogens with one attached hydrogen (secondary N) is 1. The molecule has 1 amide bonds. The van der Waals surface area contributed by atoms with Crippen LogP contribution in [0.3, 0.4) is 0 Å². The maximum absolute atomic E-state index is 12.7. The Morgan fingerprint density at radius 3 is 2.69 bits per heavy atom. The average molecular weight is 417 g/mol. The van der Waals surface area contributed by atoms with Gasteiger partial charge in [0.2, 0.25) is 5.91 Å². The fourth-order valence-corrected chi connectivity index (χ4v) is 4.14. The van der Waals surface area contributed by atoms with Gasteiger partial charge in [0.1, 0.15) is 5.01 Å². The lowest BCUT2D eigenvalue weighted by atomic mass is 9.74. The molecule has 3 unspecified atom stereocenters. The molecule has 8 heteroatoms. The molecular weight excluding hydrogens is 391 g/mol. The highest BCUT2D eigenvalue weighted by atomic mass is 35.5. The van der Waals surface area contributed by atoms with Crippen LogP contribution < -0.4 is 11.1 Å². The first-order valence-electron chi connectivity index (χ1n) is 8.42. The van der Waals surface area contributed by atoms with Crippen LogP contribution in [0.4, 0.5) is 0 Å². The summed E-state index contributed by atoms with van der Waals surface area (Å²) in [4.78, 5) is 21.3. The highest BCUT2D eigenvalue weighted by Crippen LogP contribution is 2.32. The lowest BCUT2D eigenvalue weighted by molar-refractivity contribution is -0.128. The van der Waals surface area contributed by atoms with Gasteiger partial charge < -0.3 is 11.1 Å². The normalized spacial score (nSPS) is 23.3. The number of carbonyl (C=O) groups excluding carboxylic acids is 1. The van der Waals surface area contributed by atoms with Gasteiger partial charge in [0, 0.05) is 28.9 Å². The Morgan fingerprint density at radius 1 is 1.35 bits per heavy atom. The van der Waals surface area contributed by atoms with Crippen molar-refractivity contribution in [1.29, 1.82) is 0 Å². The van der Waals surface area contributed by atoms with Crippen LogP contribution in [0.5, 0.6) is 0 Å². The summed E-state index contributed by atoms with van der Waals surface area (Å²) in [6.07, 6.45) is 7.46. The number of pyridine rings is 1. The molecule has 2 heterocycles. The molecule has 3 rings (SSSR count). The van der Waals surface area contributed by atoms with Gasteiger partial charge in [0.05, 0.1) is 17.7 Å². The second-order valence-electron chi connectivity index (χ2n) is 6.84. The number of rotatable bonds is 4. The molecule has 1 aliphatic carbocycles. The van der Waals surface area contributed by atoms with Crippen LogP contribution in [0.1, 0.15) is 50.6 Å². The van der Waals surface area contributed by atoms with Gasteiger partial charge in [-0.05, 0) is 38.8 Å².